The average molecular weight is 825 g/mol. The topological polar surface area (TPSA) is 77.8 Å². The molecule has 16 rings (SSSR count). The number of para-hydroxylation sites is 3. The molecular weight excluding hydrogens is 785 g/mol. The molecule has 4 fully saturated rings. The predicted molar refractivity (Wildman–Crippen MR) is 255 cm³/mol. The Balaban J connectivity index is 1.02. The van der Waals surface area contributed by atoms with Gasteiger partial charge in [0.25, 0.3) is 0 Å². The number of hydrogen-bond donors (Lipinski definition) is 0. The van der Waals surface area contributed by atoms with E-state index in [9.17, 15) is 0 Å². The maximum Gasteiger partial charge on any atom is 0.182 e. The second kappa shape index (κ2) is 12.8. The molecule has 0 saturated heterocycles. The minimum Gasteiger partial charge on any atom is -0.456 e. The first kappa shape index (κ1) is 35.1. The van der Waals surface area contributed by atoms with E-state index in [1.54, 1.807) is 0 Å². The lowest BCUT2D eigenvalue weighted by atomic mass is 9.43. The van der Waals surface area contributed by atoms with Crippen molar-refractivity contribution in [1.29, 1.82) is 0 Å². The van der Waals surface area contributed by atoms with E-state index in [0.29, 0.717) is 35.0 Å². The van der Waals surface area contributed by atoms with E-state index in [1.165, 1.54) is 59.9 Å². The van der Waals surface area contributed by atoms with Crippen LogP contribution in [-0.2, 0) is 5.41 Å². The first-order valence-electron chi connectivity index (χ1n) is 22.9. The van der Waals surface area contributed by atoms with Gasteiger partial charge in [-0.1, -0.05) is 91.0 Å². The van der Waals surface area contributed by atoms with Crippen molar-refractivity contribution in [2.45, 2.75) is 37.5 Å². The number of hydrogen-bond acceptors (Lipinski definition) is 6. The lowest BCUT2D eigenvalue weighted by Crippen LogP contribution is -2.55. The fourth-order valence-corrected chi connectivity index (χ4v) is 13.3. The van der Waals surface area contributed by atoms with E-state index >= 15 is 0 Å². The van der Waals surface area contributed by atoms with Crippen LogP contribution in [0.25, 0.3) is 111 Å². The molecule has 5 aliphatic rings. The number of fused-ring (bicyclic) bond motifs is 10. The van der Waals surface area contributed by atoms with Crippen LogP contribution in [0, 0.1) is 23.7 Å². The van der Waals surface area contributed by atoms with Crippen molar-refractivity contribution in [2.24, 2.45) is 23.7 Å². The summed E-state index contributed by atoms with van der Waals surface area (Å²) in [4.78, 5) is 21.4. The van der Waals surface area contributed by atoms with Crippen molar-refractivity contribution in [3.63, 3.8) is 0 Å². The van der Waals surface area contributed by atoms with Crippen LogP contribution in [0.15, 0.2) is 167 Å². The first-order chi connectivity index (χ1) is 31.6. The van der Waals surface area contributed by atoms with Gasteiger partial charge >= 0.3 is 0 Å². The molecule has 4 bridgehead atoms. The second-order valence-corrected chi connectivity index (χ2v) is 19.0. The molecule has 5 aliphatic carbocycles. The summed E-state index contributed by atoms with van der Waals surface area (Å²) in [7, 11) is 0. The monoisotopic (exact) mass is 824 g/mol. The van der Waals surface area contributed by atoms with E-state index in [-0.39, 0.29) is 5.41 Å². The largest absolute Gasteiger partial charge is 0.456 e. The molecule has 64 heavy (non-hydrogen) atoms. The Labute approximate surface area is 368 Å². The average Bonchev–Trinajstić information content (AvgIpc) is 4.00. The van der Waals surface area contributed by atoms with Gasteiger partial charge in [-0.2, -0.15) is 0 Å². The van der Waals surface area contributed by atoms with Gasteiger partial charge in [-0.05, 0) is 156 Å². The van der Waals surface area contributed by atoms with Crippen LogP contribution in [0.2, 0.25) is 0 Å². The van der Waals surface area contributed by atoms with Gasteiger partial charge in [-0.3, -0.25) is 0 Å². The van der Waals surface area contributed by atoms with Crippen molar-refractivity contribution >= 4 is 54.8 Å². The zero-order valence-electron chi connectivity index (χ0n) is 35.0. The lowest BCUT2D eigenvalue weighted by molar-refractivity contribution is -0.0399. The third-order valence-corrected chi connectivity index (χ3v) is 15.7. The number of nitrogens with zero attached hydrogens (tertiary/aromatic N) is 4. The summed E-state index contributed by atoms with van der Waals surface area (Å²) in [6, 6.07) is 56.2. The molecule has 1 spiro atoms. The minimum absolute atomic E-state index is 0.0670. The molecule has 11 aromatic rings. The number of pyridine rings is 1. The minimum atomic E-state index is -0.0670. The standard InChI is InChI=1S/C58H40N4O2/c1-6-14-48-34(9-1)17-20-49(59-48)57-61-55(36-19-22-53-44(29-36)41-11-4-8-16-51(41)64-53)60-56(62-57)45-30-37(35-18-21-52-43(28-35)40-10-3-7-15-50(40)63-52)31-47-54(45)42-12-2-5-13-46(42)58(47)38-24-32-23-33(26-38)27-39(58)25-32/h1-22,28-33,38-39H,23-27H2. The number of aromatic nitrogens is 4. The van der Waals surface area contributed by atoms with E-state index in [4.69, 9.17) is 28.8 Å². The fourth-order valence-electron chi connectivity index (χ4n) is 13.3. The quantitative estimate of drug-likeness (QED) is 0.176. The smallest absolute Gasteiger partial charge is 0.182 e. The summed E-state index contributed by atoms with van der Waals surface area (Å²) in [5.41, 5.74) is 14.8. The molecule has 4 saturated carbocycles. The summed E-state index contributed by atoms with van der Waals surface area (Å²) in [5, 5.41) is 5.42. The maximum absolute atomic E-state index is 6.35. The van der Waals surface area contributed by atoms with Gasteiger partial charge in [0, 0.05) is 43.5 Å². The van der Waals surface area contributed by atoms with E-state index < -0.39 is 0 Å². The van der Waals surface area contributed by atoms with Crippen LogP contribution in [0.1, 0.15) is 43.2 Å². The van der Waals surface area contributed by atoms with Crippen molar-refractivity contribution in [2.75, 3.05) is 0 Å². The molecule has 4 heterocycles. The van der Waals surface area contributed by atoms with Gasteiger partial charge in [0.05, 0.1) is 5.52 Å². The fraction of sp³-hybridized carbons (Fsp3) is 0.172. The van der Waals surface area contributed by atoms with E-state index in [1.807, 2.05) is 42.5 Å². The highest BCUT2D eigenvalue weighted by Crippen LogP contribution is 2.70. The van der Waals surface area contributed by atoms with Crippen LogP contribution in [-0.4, -0.2) is 19.9 Å². The van der Waals surface area contributed by atoms with E-state index in [2.05, 4.69) is 115 Å². The highest BCUT2D eigenvalue weighted by Gasteiger charge is 2.62. The first-order valence-corrected chi connectivity index (χ1v) is 22.9. The Hall–Kier alpha value is -7.44. The second-order valence-electron chi connectivity index (χ2n) is 19.0. The van der Waals surface area contributed by atoms with E-state index in [0.717, 1.165) is 83.3 Å². The summed E-state index contributed by atoms with van der Waals surface area (Å²) in [5.74, 6) is 4.64. The van der Waals surface area contributed by atoms with Crippen LogP contribution >= 0.6 is 0 Å². The third-order valence-electron chi connectivity index (χ3n) is 15.7. The summed E-state index contributed by atoms with van der Waals surface area (Å²) < 4.78 is 12.6. The number of rotatable bonds is 4. The summed E-state index contributed by atoms with van der Waals surface area (Å²) in [6.07, 6.45) is 6.60. The molecule has 304 valence electrons. The molecule has 6 nitrogen and oxygen atoms in total. The zero-order chi connectivity index (χ0) is 41.7. The molecule has 0 atom stereocenters. The molecule has 6 heteroatoms. The highest BCUT2D eigenvalue weighted by atomic mass is 16.3. The Kier molecular flexibility index (Phi) is 7.03. The molecular formula is C58H40N4O2. The molecule has 0 N–H and O–H groups in total. The van der Waals surface area contributed by atoms with Crippen molar-refractivity contribution < 1.29 is 8.83 Å². The predicted octanol–water partition coefficient (Wildman–Crippen LogP) is 14.6. The van der Waals surface area contributed by atoms with Gasteiger partial charge in [0.15, 0.2) is 17.5 Å². The molecule has 7 aromatic carbocycles. The number of benzene rings is 7. The Morgan fingerprint density at radius 2 is 1.02 bits per heavy atom. The SMILES string of the molecule is c1ccc2c(c1)-c1c(-c3nc(-c4ccc5oc6ccccc6c5c4)nc(-c4ccc5ccccc5n4)n3)cc(-c3ccc4oc5ccccc5c4c3)cc1C21C2CC3CC(C2)CC1C3. The van der Waals surface area contributed by atoms with Gasteiger partial charge in [-0.25, -0.2) is 19.9 Å². The maximum atomic E-state index is 6.35. The summed E-state index contributed by atoms with van der Waals surface area (Å²) >= 11 is 0. The van der Waals surface area contributed by atoms with Gasteiger partial charge in [-0.15, -0.1) is 0 Å². The van der Waals surface area contributed by atoms with Crippen LogP contribution < -0.4 is 0 Å². The molecule has 0 amide bonds. The molecule has 0 aliphatic heterocycles. The van der Waals surface area contributed by atoms with Gasteiger partial charge < -0.3 is 8.83 Å². The Morgan fingerprint density at radius 1 is 0.406 bits per heavy atom. The van der Waals surface area contributed by atoms with Crippen LogP contribution in [0.3, 0.4) is 0 Å². The zero-order valence-corrected chi connectivity index (χ0v) is 35.0. The Morgan fingerprint density at radius 3 is 1.78 bits per heavy atom. The van der Waals surface area contributed by atoms with Crippen molar-refractivity contribution in [3.05, 3.63) is 169 Å². The van der Waals surface area contributed by atoms with Crippen LogP contribution in [0.4, 0.5) is 0 Å². The van der Waals surface area contributed by atoms with Crippen molar-refractivity contribution in [1.82, 2.24) is 19.9 Å². The highest BCUT2D eigenvalue weighted by molar-refractivity contribution is 6.07. The molecule has 0 unspecified atom stereocenters. The van der Waals surface area contributed by atoms with Crippen molar-refractivity contribution in [3.8, 4) is 56.5 Å². The number of furan rings is 2. The molecule has 0 radical (unpaired) electrons. The van der Waals surface area contributed by atoms with Gasteiger partial charge in [0.1, 0.15) is 28.0 Å². The molecule has 4 aromatic heterocycles. The van der Waals surface area contributed by atoms with Gasteiger partial charge in [0.2, 0.25) is 0 Å². The lowest BCUT2D eigenvalue weighted by Gasteiger charge is -2.61. The third kappa shape index (κ3) is 4.85. The Bertz CT molecular complexity index is 3760. The normalized spacial score (nSPS) is 21.8. The van der Waals surface area contributed by atoms with Crippen LogP contribution in [0.5, 0.6) is 0 Å². The summed E-state index contributed by atoms with van der Waals surface area (Å²) in [6.45, 7) is 0.